The van der Waals surface area contributed by atoms with Crippen molar-refractivity contribution < 1.29 is 0 Å². The largest absolute Gasteiger partial charge is 0.0622 e. The predicted octanol–water partition coefficient (Wildman–Crippen LogP) is 5.73. The second-order valence-electron chi connectivity index (χ2n) is 6.99. The fraction of sp³-hybridized carbons (Fsp3) is 0.455. The lowest BCUT2D eigenvalue weighted by molar-refractivity contribution is 0.259. The maximum Gasteiger partial charge on any atom is -0.0195 e. The molecule has 0 saturated heterocycles. The Morgan fingerprint density at radius 3 is 1.87 bits per heavy atom. The first-order chi connectivity index (χ1) is 11.3. The molecule has 0 spiro atoms. The van der Waals surface area contributed by atoms with Crippen LogP contribution in [0.1, 0.15) is 45.4 Å². The molecule has 0 amide bonds. The molecule has 1 aliphatic carbocycles. The summed E-state index contributed by atoms with van der Waals surface area (Å²) in [5.74, 6) is 1.86. The molecule has 3 rings (SSSR count). The van der Waals surface area contributed by atoms with Gasteiger partial charge < -0.3 is 0 Å². The zero-order valence-electron chi connectivity index (χ0n) is 14.3. The van der Waals surface area contributed by atoms with Crippen molar-refractivity contribution in [2.24, 2.45) is 11.8 Å². The van der Waals surface area contributed by atoms with Gasteiger partial charge in [-0.1, -0.05) is 99.7 Å². The van der Waals surface area contributed by atoms with Gasteiger partial charge in [-0.2, -0.15) is 0 Å². The summed E-state index contributed by atoms with van der Waals surface area (Å²) in [5, 5.41) is 3.06. The van der Waals surface area contributed by atoms with Crippen LogP contribution in [0.25, 0.3) is 0 Å². The van der Waals surface area contributed by atoms with Crippen LogP contribution in [0.5, 0.6) is 0 Å². The molecule has 1 saturated carbocycles. The van der Waals surface area contributed by atoms with Crippen LogP contribution in [-0.4, -0.2) is 6.16 Å². The predicted molar refractivity (Wildman–Crippen MR) is 104 cm³/mol. The summed E-state index contributed by atoms with van der Waals surface area (Å²) in [6.07, 6.45) is 10.0. The van der Waals surface area contributed by atoms with Crippen LogP contribution in [0.4, 0.5) is 0 Å². The van der Waals surface area contributed by atoms with Gasteiger partial charge in [0.1, 0.15) is 0 Å². The molecule has 122 valence electrons. The van der Waals surface area contributed by atoms with Crippen molar-refractivity contribution in [3.05, 3.63) is 60.7 Å². The molecule has 0 bridgehead atoms. The fourth-order valence-corrected chi connectivity index (χ4v) is 6.44. The Hall–Kier alpha value is -1.13. The van der Waals surface area contributed by atoms with Crippen molar-refractivity contribution in [3.63, 3.8) is 0 Å². The Balaban J connectivity index is 1.69. The van der Waals surface area contributed by atoms with E-state index in [1.807, 2.05) is 0 Å². The highest BCUT2D eigenvalue weighted by atomic mass is 31.1. The monoisotopic (exact) mass is 324 g/mol. The summed E-state index contributed by atoms with van der Waals surface area (Å²) in [6.45, 7) is 2.50. The number of hydrogen-bond donors (Lipinski definition) is 0. The third kappa shape index (κ3) is 4.67. The van der Waals surface area contributed by atoms with Crippen molar-refractivity contribution in [3.8, 4) is 0 Å². The smallest absolute Gasteiger partial charge is 0.0195 e. The lowest BCUT2D eigenvalue weighted by atomic mass is 9.80. The van der Waals surface area contributed by atoms with Gasteiger partial charge in [-0.3, -0.25) is 0 Å². The third-order valence-electron chi connectivity index (χ3n) is 5.40. The van der Waals surface area contributed by atoms with Crippen molar-refractivity contribution in [2.75, 3.05) is 6.16 Å². The lowest BCUT2D eigenvalue weighted by Crippen LogP contribution is -2.19. The van der Waals surface area contributed by atoms with Crippen molar-refractivity contribution in [1.82, 2.24) is 0 Å². The van der Waals surface area contributed by atoms with E-state index in [-0.39, 0.29) is 7.92 Å². The van der Waals surface area contributed by atoms with Gasteiger partial charge in [0.2, 0.25) is 0 Å². The quantitative estimate of drug-likeness (QED) is 0.596. The molecule has 0 N–H and O–H groups in total. The second-order valence-corrected chi connectivity index (χ2v) is 9.32. The minimum Gasteiger partial charge on any atom is -0.0622 e. The summed E-state index contributed by atoms with van der Waals surface area (Å²) in [5.41, 5.74) is 0. The molecule has 0 radical (unpaired) electrons. The van der Waals surface area contributed by atoms with Crippen molar-refractivity contribution in [2.45, 2.75) is 45.4 Å². The Morgan fingerprint density at radius 1 is 0.826 bits per heavy atom. The lowest BCUT2D eigenvalue weighted by Gasteiger charge is -2.29. The van der Waals surface area contributed by atoms with E-state index < -0.39 is 0 Å². The molecule has 2 aromatic rings. The topological polar surface area (TPSA) is 0 Å². The first-order valence-electron chi connectivity index (χ1n) is 9.22. The van der Waals surface area contributed by atoms with E-state index in [9.17, 15) is 0 Å². The third-order valence-corrected chi connectivity index (χ3v) is 7.95. The number of hydrogen-bond acceptors (Lipinski definition) is 0. The van der Waals surface area contributed by atoms with Gasteiger partial charge in [-0.05, 0) is 42.9 Å². The fourth-order valence-electron chi connectivity index (χ4n) is 3.89. The standard InChI is InChI=1S/C22H29P/c1-19(20-11-5-2-6-12-20)17-18-23(21-13-7-3-8-14-21)22-15-9-4-10-16-22/h3-4,7-10,13-16,19-20H,2,5-6,11-12,17-18H2,1H3/t19-/m1/s1. The van der Waals surface area contributed by atoms with Crippen LogP contribution in [0.15, 0.2) is 60.7 Å². The first-order valence-corrected chi connectivity index (χ1v) is 10.7. The highest BCUT2D eigenvalue weighted by Crippen LogP contribution is 2.38. The van der Waals surface area contributed by atoms with E-state index in [2.05, 4.69) is 67.6 Å². The summed E-state index contributed by atoms with van der Waals surface area (Å²) in [6, 6.07) is 22.3. The maximum absolute atomic E-state index is 2.50. The summed E-state index contributed by atoms with van der Waals surface area (Å²) >= 11 is 0. The molecular weight excluding hydrogens is 295 g/mol. The molecule has 1 fully saturated rings. The van der Waals surface area contributed by atoms with Gasteiger partial charge in [0.05, 0.1) is 0 Å². The highest BCUT2D eigenvalue weighted by molar-refractivity contribution is 7.73. The van der Waals surface area contributed by atoms with Crippen molar-refractivity contribution in [1.29, 1.82) is 0 Å². The molecule has 0 aromatic heterocycles. The van der Waals surface area contributed by atoms with Gasteiger partial charge in [-0.15, -0.1) is 0 Å². The Morgan fingerprint density at radius 2 is 1.35 bits per heavy atom. The van der Waals surface area contributed by atoms with Crippen LogP contribution >= 0.6 is 7.92 Å². The summed E-state index contributed by atoms with van der Waals surface area (Å²) in [7, 11) is -0.204. The van der Waals surface area contributed by atoms with E-state index in [1.54, 1.807) is 0 Å². The second kappa shape index (κ2) is 8.65. The van der Waals surface area contributed by atoms with Gasteiger partial charge >= 0.3 is 0 Å². The van der Waals surface area contributed by atoms with E-state index in [0.717, 1.165) is 11.8 Å². The molecule has 0 aliphatic heterocycles. The number of benzene rings is 2. The minimum absolute atomic E-state index is 0.204. The van der Waals surface area contributed by atoms with Crippen LogP contribution in [0.2, 0.25) is 0 Å². The van der Waals surface area contributed by atoms with E-state index >= 15 is 0 Å². The molecule has 1 atom stereocenters. The van der Waals surface area contributed by atoms with Crippen LogP contribution < -0.4 is 10.6 Å². The molecule has 0 heterocycles. The Bertz CT molecular complexity index is 518. The summed E-state index contributed by atoms with van der Waals surface area (Å²) < 4.78 is 0. The summed E-state index contributed by atoms with van der Waals surface area (Å²) in [4.78, 5) is 0. The molecule has 0 nitrogen and oxygen atoms in total. The van der Waals surface area contributed by atoms with Gasteiger partial charge in [-0.25, -0.2) is 0 Å². The van der Waals surface area contributed by atoms with Crippen LogP contribution in [0, 0.1) is 11.8 Å². The molecule has 2 aromatic carbocycles. The van der Waals surface area contributed by atoms with E-state index in [1.165, 1.54) is 55.3 Å². The molecule has 1 heteroatoms. The average Bonchev–Trinajstić information content (AvgIpc) is 2.64. The van der Waals surface area contributed by atoms with Gasteiger partial charge in [0.25, 0.3) is 0 Å². The molecule has 1 aliphatic rings. The van der Waals surface area contributed by atoms with E-state index in [0.29, 0.717) is 0 Å². The highest BCUT2D eigenvalue weighted by Gasteiger charge is 2.22. The zero-order valence-corrected chi connectivity index (χ0v) is 15.2. The maximum atomic E-state index is 2.50. The Labute approximate surface area is 143 Å². The zero-order chi connectivity index (χ0) is 15.9. The van der Waals surface area contributed by atoms with Gasteiger partial charge in [0.15, 0.2) is 0 Å². The van der Waals surface area contributed by atoms with Crippen molar-refractivity contribution >= 4 is 18.5 Å². The van der Waals surface area contributed by atoms with E-state index in [4.69, 9.17) is 0 Å². The SMILES string of the molecule is C[C@H](CCP(c1ccccc1)c1ccccc1)C1CCCCC1. The molecular formula is C22H29P. The Kier molecular flexibility index (Phi) is 6.29. The minimum atomic E-state index is -0.204. The first kappa shape index (κ1) is 16.7. The molecule has 23 heavy (non-hydrogen) atoms. The number of rotatable bonds is 6. The van der Waals surface area contributed by atoms with Crippen LogP contribution in [0.3, 0.4) is 0 Å². The van der Waals surface area contributed by atoms with Gasteiger partial charge in [0, 0.05) is 0 Å². The normalized spacial score (nSPS) is 17.3. The molecule has 0 unspecified atom stereocenters. The average molecular weight is 324 g/mol. The van der Waals surface area contributed by atoms with Crippen LogP contribution in [-0.2, 0) is 0 Å².